The minimum absolute atomic E-state index is 0.781. The van der Waals surface area contributed by atoms with Crippen LogP contribution in [0.25, 0.3) is 0 Å². The third-order valence-corrected chi connectivity index (χ3v) is 3.61. The number of nitrogens with one attached hydrogen (secondary N) is 1. The van der Waals surface area contributed by atoms with E-state index in [-0.39, 0.29) is 0 Å². The van der Waals surface area contributed by atoms with E-state index in [2.05, 4.69) is 17.3 Å². The van der Waals surface area contributed by atoms with Crippen molar-refractivity contribution in [3.8, 4) is 0 Å². The second kappa shape index (κ2) is 5.83. The summed E-state index contributed by atoms with van der Waals surface area (Å²) in [7, 11) is 2.25. The molecule has 0 amide bonds. The average molecular weight is 212 g/mol. The second-order valence-electron chi connectivity index (χ2n) is 5.16. The van der Waals surface area contributed by atoms with E-state index in [1.54, 1.807) is 0 Å². The molecule has 2 aliphatic heterocycles. The van der Waals surface area contributed by atoms with Crippen LogP contribution in [0.5, 0.6) is 0 Å². The lowest BCUT2D eigenvalue weighted by Gasteiger charge is -2.31. The maximum Gasteiger partial charge on any atom is 0.0506 e. The molecule has 0 spiro atoms. The Labute approximate surface area is 93.2 Å². The van der Waals surface area contributed by atoms with Gasteiger partial charge in [-0.1, -0.05) is 0 Å². The maximum atomic E-state index is 5.50. The van der Waals surface area contributed by atoms with Crippen molar-refractivity contribution in [3.63, 3.8) is 0 Å². The largest absolute Gasteiger partial charge is 0.381 e. The van der Waals surface area contributed by atoms with Gasteiger partial charge in [0.2, 0.25) is 0 Å². The molecule has 0 radical (unpaired) electrons. The molecular formula is C12H24N2O. The first-order chi connectivity index (χ1) is 7.34. The Hall–Kier alpha value is -0.120. The first kappa shape index (κ1) is 11.4. The molecule has 2 rings (SSSR count). The zero-order valence-corrected chi connectivity index (χ0v) is 9.87. The number of ether oxygens (including phenoxy) is 1. The fourth-order valence-corrected chi connectivity index (χ4v) is 2.44. The van der Waals surface area contributed by atoms with Crippen LogP contribution >= 0.6 is 0 Å². The van der Waals surface area contributed by atoms with Crippen LogP contribution in [0.1, 0.15) is 19.3 Å². The molecule has 0 bridgehead atoms. The highest BCUT2D eigenvalue weighted by atomic mass is 16.5. The van der Waals surface area contributed by atoms with Crippen molar-refractivity contribution in [1.29, 1.82) is 0 Å². The van der Waals surface area contributed by atoms with Gasteiger partial charge in [-0.2, -0.15) is 0 Å². The predicted molar refractivity (Wildman–Crippen MR) is 62.0 cm³/mol. The summed E-state index contributed by atoms with van der Waals surface area (Å²) in [6.07, 6.45) is 3.97. The zero-order valence-electron chi connectivity index (χ0n) is 9.87. The maximum absolute atomic E-state index is 5.50. The Morgan fingerprint density at radius 2 is 2.20 bits per heavy atom. The summed E-state index contributed by atoms with van der Waals surface area (Å²) in [5.74, 6) is 1.72. The summed E-state index contributed by atoms with van der Waals surface area (Å²) in [6, 6.07) is 0. The van der Waals surface area contributed by atoms with E-state index in [1.807, 2.05) is 0 Å². The van der Waals surface area contributed by atoms with Crippen molar-refractivity contribution in [1.82, 2.24) is 10.2 Å². The average Bonchev–Trinajstić information content (AvgIpc) is 2.17. The van der Waals surface area contributed by atoms with Crippen LogP contribution in [0.4, 0.5) is 0 Å². The number of hydrogen-bond donors (Lipinski definition) is 1. The summed E-state index contributed by atoms with van der Waals surface area (Å²) in [5.41, 5.74) is 0. The number of hydrogen-bond acceptors (Lipinski definition) is 3. The lowest BCUT2D eigenvalue weighted by Crippen LogP contribution is -2.43. The van der Waals surface area contributed by atoms with Crippen LogP contribution in [-0.2, 0) is 4.74 Å². The standard InChI is InChI=1S/C12H24N2O/c1-14(5-4-11-7-13-8-11)9-12-3-2-6-15-10-12/h11-13H,2-10H2,1H3. The van der Waals surface area contributed by atoms with Gasteiger partial charge in [-0.25, -0.2) is 0 Å². The first-order valence-electron chi connectivity index (χ1n) is 6.31. The summed E-state index contributed by atoms with van der Waals surface area (Å²) in [5, 5.41) is 3.33. The van der Waals surface area contributed by atoms with Crippen LogP contribution in [0, 0.1) is 11.8 Å². The second-order valence-corrected chi connectivity index (χ2v) is 5.16. The Morgan fingerprint density at radius 3 is 2.80 bits per heavy atom. The SMILES string of the molecule is CN(CCC1CNC1)CC1CCCOC1. The van der Waals surface area contributed by atoms with Crippen molar-refractivity contribution >= 4 is 0 Å². The van der Waals surface area contributed by atoms with Crippen LogP contribution in [0.15, 0.2) is 0 Å². The monoisotopic (exact) mass is 212 g/mol. The fraction of sp³-hybridized carbons (Fsp3) is 1.00. The minimum Gasteiger partial charge on any atom is -0.381 e. The molecule has 1 N–H and O–H groups in total. The molecule has 0 aromatic rings. The van der Waals surface area contributed by atoms with E-state index in [4.69, 9.17) is 4.74 Å². The third kappa shape index (κ3) is 3.74. The molecule has 2 aliphatic rings. The Balaban J connectivity index is 1.56. The van der Waals surface area contributed by atoms with E-state index in [0.29, 0.717) is 0 Å². The first-order valence-corrected chi connectivity index (χ1v) is 6.31. The molecule has 2 saturated heterocycles. The molecule has 1 unspecified atom stereocenters. The van der Waals surface area contributed by atoms with E-state index >= 15 is 0 Å². The van der Waals surface area contributed by atoms with E-state index in [0.717, 1.165) is 25.0 Å². The molecule has 15 heavy (non-hydrogen) atoms. The van der Waals surface area contributed by atoms with Gasteiger partial charge in [0.05, 0.1) is 6.61 Å². The molecule has 0 aromatic carbocycles. The van der Waals surface area contributed by atoms with Gasteiger partial charge in [0, 0.05) is 13.2 Å². The van der Waals surface area contributed by atoms with Crippen LogP contribution < -0.4 is 5.32 Å². The molecule has 0 aromatic heterocycles. The predicted octanol–water partition coefficient (Wildman–Crippen LogP) is 0.954. The Bertz CT molecular complexity index is 176. The molecule has 88 valence electrons. The molecule has 0 saturated carbocycles. The van der Waals surface area contributed by atoms with Gasteiger partial charge < -0.3 is 15.0 Å². The lowest BCUT2D eigenvalue weighted by molar-refractivity contribution is 0.0411. The van der Waals surface area contributed by atoms with Crippen LogP contribution in [0.3, 0.4) is 0 Å². The molecule has 1 atom stereocenters. The lowest BCUT2D eigenvalue weighted by atomic mass is 9.98. The van der Waals surface area contributed by atoms with Crippen molar-refractivity contribution in [2.45, 2.75) is 19.3 Å². The van der Waals surface area contributed by atoms with Gasteiger partial charge in [-0.15, -0.1) is 0 Å². The number of nitrogens with zero attached hydrogens (tertiary/aromatic N) is 1. The highest BCUT2D eigenvalue weighted by Crippen LogP contribution is 2.15. The van der Waals surface area contributed by atoms with E-state index in [9.17, 15) is 0 Å². The smallest absolute Gasteiger partial charge is 0.0506 e. The summed E-state index contributed by atoms with van der Waals surface area (Å²) < 4.78 is 5.50. The number of rotatable bonds is 5. The van der Waals surface area contributed by atoms with Gasteiger partial charge in [-0.3, -0.25) is 0 Å². The minimum atomic E-state index is 0.781. The molecule has 2 heterocycles. The van der Waals surface area contributed by atoms with Gasteiger partial charge >= 0.3 is 0 Å². The van der Waals surface area contributed by atoms with Gasteiger partial charge in [0.25, 0.3) is 0 Å². The van der Waals surface area contributed by atoms with E-state index < -0.39 is 0 Å². The molecule has 2 fully saturated rings. The van der Waals surface area contributed by atoms with Gasteiger partial charge in [-0.05, 0) is 57.8 Å². The van der Waals surface area contributed by atoms with E-state index in [1.165, 1.54) is 45.4 Å². The summed E-state index contributed by atoms with van der Waals surface area (Å²) >= 11 is 0. The Morgan fingerprint density at radius 1 is 1.33 bits per heavy atom. The topological polar surface area (TPSA) is 24.5 Å². The molecular weight excluding hydrogens is 188 g/mol. The van der Waals surface area contributed by atoms with Crippen molar-refractivity contribution in [2.24, 2.45) is 11.8 Å². The molecule has 3 nitrogen and oxygen atoms in total. The fourth-order valence-electron chi connectivity index (χ4n) is 2.44. The summed E-state index contributed by atoms with van der Waals surface area (Å²) in [4.78, 5) is 2.48. The summed E-state index contributed by atoms with van der Waals surface area (Å²) in [6.45, 7) is 6.91. The zero-order chi connectivity index (χ0) is 10.5. The van der Waals surface area contributed by atoms with Crippen LogP contribution in [-0.4, -0.2) is 51.3 Å². The third-order valence-electron chi connectivity index (χ3n) is 3.61. The highest BCUT2D eigenvalue weighted by molar-refractivity contribution is 4.76. The normalized spacial score (nSPS) is 28.0. The molecule has 3 heteroatoms. The van der Waals surface area contributed by atoms with Gasteiger partial charge in [0.1, 0.15) is 0 Å². The van der Waals surface area contributed by atoms with Gasteiger partial charge in [0.15, 0.2) is 0 Å². The van der Waals surface area contributed by atoms with Crippen LogP contribution in [0.2, 0.25) is 0 Å². The van der Waals surface area contributed by atoms with Crippen molar-refractivity contribution in [3.05, 3.63) is 0 Å². The highest BCUT2D eigenvalue weighted by Gasteiger charge is 2.19. The van der Waals surface area contributed by atoms with Crippen molar-refractivity contribution < 1.29 is 4.74 Å². The quantitative estimate of drug-likeness (QED) is 0.734. The van der Waals surface area contributed by atoms with Crippen molar-refractivity contribution in [2.75, 3.05) is 46.4 Å². The Kier molecular flexibility index (Phi) is 4.42. The molecule has 0 aliphatic carbocycles.